The topological polar surface area (TPSA) is 74.3 Å². The first kappa shape index (κ1) is 18.5. The lowest BCUT2D eigenvalue weighted by Crippen LogP contribution is -2.16. The molecule has 0 amide bonds. The third-order valence-corrected chi connectivity index (χ3v) is 4.65. The number of esters is 1. The molecule has 0 aliphatic carbocycles. The molecule has 0 aliphatic rings. The zero-order valence-corrected chi connectivity index (χ0v) is 16.4. The van der Waals surface area contributed by atoms with Crippen molar-refractivity contribution >= 4 is 34.8 Å². The number of aromatic nitrogens is 5. The monoisotopic (exact) mass is 415 g/mol. The second-order valence-electron chi connectivity index (χ2n) is 5.95. The SMILES string of the molecule is CCOC(=O)c1ncnn1Cc1c(-c2ccc(Cl)cc2)nc2ccc(Cl)cn12. The highest BCUT2D eigenvalue weighted by Gasteiger charge is 2.20. The Balaban J connectivity index is 1.85. The van der Waals surface area contributed by atoms with Gasteiger partial charge in [-0.3, -0.25) is 4.40 Å². The van der Waals surface area contributed by atoms with Crippen LogP contribution in [0.2, 0.25) is 10.0 Å². The molecule has 4 aromatic rings. The molecule has 1 aromatic carbocycles. The number of imidazole rings is 1. The van der Waals surface area contributed by atoms with E-state index >= 15 is 0 Å². The second kappa shape index (κ2) is 7.61. The molecular weight excluding hydrogens is 401 g/mol. The summed E-state index contributed by atoms with van der Waals surface area (Å²) in [5.74, 6) is -0.402. The molecule has 9 heteroatoms. The fraction of sp³-hybridized carbons (Fsp3) is 0.158. The van der Waals surface area contributed by atoms with Crippen LogP contribution in [-0.2, 0) is 11.3 Å². The number of pyridine rings is 1. The summed E-state index contributed by atoms with van der Waals surface area (Å²) in [5, 5.41) is 5.39. The molecule has 0 unspecified atom stereocenters. The first-order chi connectivity index (χ1) is 13.6. The Morgan fingerprint density at radius 1 is 1.11 bits per heavy atom. The van der Waals surface area contributed by atoms with Gasteiger partial charge in [-0.1, -0.05) is 35.3 Å². The molecule has 0 aliphatic heterocycles. The number of ether oxygens (including phenoxy) is 1. The maximum absolute atomic E-state index is 12.2. The van der Waals surface area contributed by atoms with E-state index < -0.39 is 5.97 Å². The molecule has 3 aromatic heterocycles. The summed E-state index contributed by atoms with van der Waals surface area (Å²) in [6.45, 7) is 2.25. The molecule has 4 rings (SSSR count). The minimum atomic E-state index is -0.528. The summed E-state index contributed by atoms with van der Waals surface area (Å²) in [6.07, 6.45) is 3.10. The number of halogens is 2. The highest BCUT2D eigenvalue weighted by Crippen LogP contribution is 2.27. The smallest absolute Gasteiger partial charge is 0.376 e. The highest BCUT2D eigenvalue weighted by atomic mass is 35.5. The van der Waals surface area contributed by atoms with Gasteiger partial charge in [0.05, 0.1) is 29.6 Å². The van der Waals surface area contributed by atoms with Gasteiger partial charge >= 0.3 is 5.97 Å². The van der Waals surface area contributed by atoms with E-state index in [2.05, 4.69) is 10.1 Å². The molecule has 0 N–H and O–H groups in total. The van der Waals surface area contributed by atoms with Crippen molar-refractivity contribution in [2.75, 3.05) is 6.61 Å². The van der Waals surface area contributed by atoms with Crippen LogP contribution in [0, 0.1) is 0 Å². The van der Waals surface area contributed by atoms with Crippen molar-refractivity contribution in [3.05, 3.63) is 70.5 Å². The molecule has 0 spiro atoms. The number of fused-ring (bicyclic) bond motifs is 1. The number of rotatable bonds is 5. The Morgan fingerprint density at radius 3 is 2.61 bits per heavy atom. The first-order valence-electron chi connectivity index (χ1n) is 8.54. The molecular formula is C19H15Cl2N5O2. The molecule has 0 radical (unpaired) electrons. The van der Waals surface area contributed by atoms with Crippen LogP contribution in [-0.4, -0.2) is 36.7 Å². The summed E-state index contributed by atoms with van der Waals surface area (Å²) >= 11 is 12.2. The Labute approximate surface area is 170 Å². The fourth-order valence-electron chi connectivity index (χ4n) is 2.93. The summed E-state index contributed by atoms with van der Waals surface area (Å²) < 4.78 is 8.43. The van der Waals surface area contributed by atoms with Gasteiger partial charge < -0.3 is 4.74 Å². The van der Waals surface area contributed by atoms with Crippen LogP contribution in [0.3, 0.4) is 0 Å². The molecule has 7 nitrogen and oxygen atoms in total. The van der Waals surface area contributed by atoms with E-state index in [-0.39, 0.29) is 19.0 Å². The van der Waals surface area contributed by atoms with Crippen molar-refractivity contribution < 1.29 is 9.53 Å². The van der Waals surface area contributed by atoms with E-state index in [1.807, 2.05) is 22.6 Å². The van der Waals surface area contributed by atoms with E-state index in [1.54, 1.807) is 31.3 Å². The Kier molecular flexibility index (Phi) is 5.02. The fourth-order valence-corrected chi connectivity index (χ4v) is 3.22. The molecule has 142 valence electrons. The van der Waals surface area contributed by atoms with E-state index in [4.69, 9.17) is 32.9 Å². The van der Waals surface area contributed by atoms with Gasteiger partial charge in [-0.2, -0.15) is 5.10 Å². The van der Waals surface area contributed by atoms with Crippen LogP contribution in [0.5, 0.6) is 0 Å². The van der Waals surface area contributed by atoms with E-state index in [9.17, 15) is 4.79 Å². The van der Waals surface area contributed by atoms with Gasteiger partial charge in [0.25, 0.3) is 0 Å². The van der Waals surface area contributed by atoms with Crippen LogP contribution in [0.1, 0.15) is 23.2 Å². The number of hydrogen-bond acceptors (Lipinski definition) is 5. The molecule has 28 heavy (non-hydrogen) atoms. The maximum atomic E-state index is 12.2. The predicted molar refractivity (Wildman–Crippen MR) is 106 cm³/mol. The van der Waals surface area contributed by atoms with Crippen molar-refractivity contribution in [3.63, 3.8) is 0 Å². The summed E-state index contributed by atoms with van der Waals surface area (Å²) in [7, 11) is 0. The third kappa shape index (κ3) is 3.46. The van der Waals surface area contributed by atoms with Crippen LogP contribution < -0.4 is 0 Å². The van der Waals surface area contributed by atoms with Gasteiger partial charge in [-0.25, -0.2) is 19.4 Å². The Morgan fingerprint density at radius 2 is 1.86 bits per heavy atom. The van der Waals surface area contributed by atoms with Gasteiger partial charge in [0.2, 0.25) is 5.82 Å². The maximum Gasteiger partial charge on any atom is 0.376 e. The Bertz CT molecular complexity index is 1150. The molecule has 0 atom stereocenters. The number of carbonyl (C=O) groups is 1. The minimum absolute atomic E-state index is 0.126. The van der Waals surface area contributed by atoms with E-state index in [0.717, 1.165) is 22.6 Å². The van der Waals surface area contributed by atoms with Crippen LogP contribution >= 0.6 is 23.2 Å². The zero-order valence-electron chi connectivity index (χ0n) is 14.8. The van der Waals surface area contributed by atoms with Crippen molar-refractivity contribution in [3.8, 4) is 11.3 Å². The Hall–Kier alpha value is -2.90. The van der Waals surface area contributed by atoms with Crippen LogP contribution in [0.25, 0.3) is 16.9 Å². The number of carbonyl (C=O) groups excluding carboxylic acids is 1. The lowest BCUT2D eigenvalue weighted by molar-refractivity contribution is 0.0505. The second-order valence-corrected chi connectivity index (χ2v) is 6.82. The van der Waals surface area contributed by atoms with Crippen LogP contribution in [0.15, 0.2) is 48.9 Å². The van der Waals surface area contributed by atoms with Crippen molar-refractivity contribution in [2.45, 2.75) is 13.5 Å². The van der Waals surface area contributed by atoms with Crippen molar-refractivity contribution in [2.24, 2.45) is 0 Å². The van der Waals surface area contributed by atoms with Gasteiger partial charge in [0, 0.05) is 16.8 Å². The third-order valence-electron chi connectivity index (χ3n) is 4.17. The van der Waals surface area contributed by atoms with Gasteiger partial charge in [0.1, 0.15) is 12.0 Å². The molecule has 0 saturated heterocycles. The average Bonchev–Trinajstić information content (AvgIpc) is 3.28. The van der Waals surface area contributed by atoms with Gasteiger partial charge in [-0.05, 0) is 31.2 Å². The summed E-state index contributed by atoms with van der Waals surface area (Å²) in [4.78, 5) is 20.9. The quantitative estimate of drug-likeness (QED) is 0.458. The van der Waals surface area contributed by atoms with Crippen molar-refractivity contribution in [1.29, 1.82) is 0 Å². The molecule has 0 saturated carbocycles. The molecule has 3 heterocycles. The van der Waals surface area contributed by atoms with Gasteiger partial charge in [0.15, 0.2) is 0 Å². The number of benzene rings is 1. The number of hydrogen-bond donors (Lipinski definition) is 0. The largest absolute Gasteiger partial charge is 0.460 e. The summed E-state index contributed by atoms with van der Waals surface area (Å²) in [5.41, 5.74) is 3.15. The predicted octanol–water partition coefficient (Wildman–Crippen LogP) is 4.12. The first-order valence-corrected chi connectivity index (χ1v) is 9.29. The van der Waals surface area contributed by atoms with Crippen LogP contribution in [0.4, 0.5) is 0 Å². The lowest BCUT2D eigenvalue weighted by Gasteiger charge is -2.08. The molecule has 0 bridgehead atoms. The zero-order chi connectivity index (χ0) is 19.7. The van der Waals surface area contributed by atoms with Gasteiger partial charge in [-0.15, -0.1) is 0 Å². The number of nitrogens with zero attached hydrogens (tertiary/aromatic N) is 5. The highest BCUT2D eigenvalue weighted by molar-refractivity contribution is 6.30. The standard InChI is InChI=1S/C19H15Cl2N5O2/c1-2-28-19(27)18-22-11-23-26(18)10-15-17(12-3-5-13(20)6-4-12)24-16-8-7-14(21)9-25(15)16/h3-9,11H,2,10H2,1H3. The van der Waals surface area contributed by atoms with E-state index in [0.29, 0.717) is 10.0 Å². The molecule has 0 fully saturated rings. The minimum Gasteiger partial charge on any atom is -0.460 e. The van der Waals surface area contributed by atoms with Crippen molar-refractivity contribution in [1.82, 2.24) is 24.1 Å². The normalized spacial score (nSPS) is 11.1. The average molecular weight is 416 g/mol. The van der Waals surface area contributed by atoms with E-state index in [1.165, 1.54) is 11.0 Å². The summed E-state index contributed by atoms with van der Waals surface area (Å²) in [6, 6.07) is 11.0. The lowest BCUT2D eigenvalue weighted by atomic mass is 10.1.